The molecular formula is C17H25NO3. The lowest BCUT2D eigenvalue weighted by Gasteiger charge is -2.26. The van der Waals surface area contributed by atoms with E-state index in [2.05, 4.69) is 6.92 Å². The summed E-state index contributed by atoms with van der Waals surface area (Å²) in [4.78, 5) is 14.1. The number of ether oxygens (including phenoxy) is 2. The normalized spacial score (nSPS) is 15.0. The highest BCUT2D eigenvalue weighted by molar-refractivity contribution is 5.94. The van der Waals surface area contributed by atoms with Gasteiger partial charge in [0.15, 0.2) is 0 Å². The Balaban J connectivity index is 1.79. The van der Waals surface area contributed by atoms with Crippen LogP contribution in [0.2, 0.25) is 0 Å². The van der Waals surface area contributed by atoms with E-state index >= 15 is 0 Å². The molecule has 0 bridgehead atoms. The molecule has 0 aliphatic carbocycles. The summed E-state index contributed by atoms with van der Waals surface area (Å²) in [6.07, 6.45) is 4.79. The van der Waals surface area contributed by atoms with Crippen molar-refractivity contribution >= 4 is 5.91 Å². The first-order chi connectivity index (χ1) is 10.3. The second kappa shape index (κ2) is 8.67. The van der Waals surface area contributed by atoms with E-state index in [4.69, 9.17) is 9.47 Å². The molecule has 1 fully saturated rings. The van der Waals surface area contributed by atoms with Crippen LogP contribution in [0.25, 0.3) is 0 Å². The van der Waals surface area contributed by atoms with E-state index in [1.54, 1.807) is 0 Å². The summed E-state index contributed by atoms with van der Waals surface area (Å²) in [5.74, 6) is 0.915. The van der Waals surface area contributed by atoms with Gasteiger partial charge >= 0.3 is 0 Å². The first kappa shape index (κ1) is 15.8. The molecule has 1 saturated heterocycles. The van der Waals surface area contributed by atoms with E-state index in [0.717, 1.165) is 24.3 Å². The second-order valence-corrected chi connectivity index (χ2v) is 5.34. The lowest BCUT2D eigenvalue weighted by molar-refractivity contribution is 0.0303. The largest absolute Gasteiger partial charge is 0.494 e. The number of nitrogens with zero attached hydrogens (tertiary/aromatic N) is 1. The van der Waals surface area contributed by atoms with Crippen molar-refractivity contribution in [2.75, 3.05) is 32.9 Å². The maximum atomic E-state index is 12.3. The third kappa shape index (κ3) is 5.05. The Morgan fingerprint density at radius 2 is 1.86 bits per heavy atom. The molecule has 116 valence electrons. The third-order valence-electron chi connectivity index (χ3n) is 3.67. The molecule has 0 radical (unpaired) electrons. The molecule has 21 heavy (non-hydrogen) atoms. The zero-order valence-corrected chi connectivity index (χ0v) is 12.8. The number of hydrogen-bond acceptors (Lipinski definition) is 3. The SMILES string of the molecule is CCCCCCOc1ccc(C(=O)N2CCOCC2)cc1. The Hall–Kier alpha value is -1.55. The summed E-state index contributed by atoms with van der Waals surface area (Å²) in [7, 11) is 0. The summed E-state index contributed by atoms with van der Waals surface area (Å²) in [6, 6.07) is 7.46. The molecule has 4 heteroatoms. The fourth-order valence-corrected chi connectivity index (χ4v) is 2.36. The molecule has 1 aromatic rings. The number of amides is 1. The molecule has 1 aliphatic rings. The molecule has 0 N–H and O–H groups in total. The Labute approximate surface area is 127 Å². The van der Waals surface area contributed by atoms with E-state index in [0.29, 0.717) is 26.3 Å². The zero-order valence-electron chi connectivity index (χ0n) is 12.8. The van der Waals surface area contributed by atoms with Crippen LogP contribution in [0.4, 0.5) is 0 Å². The Bertz CT molecular complexity index is 424. The highest BCUT2D eigenvalue weighted by atomic mass is 16.5. The van der Waals surface area contributed by atoms with Gasteiger partial charge in [-0.05, 0) is 30.7 Å². The van der Waals surface area contributed by atoms with E-state index in [1.807, 2.05) is 29.2 Å². The van der Waals surface area contributed by atoms with E-state index in [-0.39, 0.29) is 5.91 Å². The first-order valence-corrected chi connectivity index (χ1v) is 7.91. The summed E-state index contributed by atoms with van der Waals surface area (Å²) in [6.45, 7) is 5.56. The Kier molecular flexibility index (Phi) is 6.54. The van der Waals surface area contributed by atoms with Crippen molar-refractivity contribution in [1.29, 1.82) is 0 Å². The van der Waals surface area contributed by atoms with Gasteiger partial charge in [0.25, 0.3) is 5.91 Å². The van der Waals surface area contributed by atoms with Crippen molar-refractivity contribution in [3.05, 3.63) is 29.8 Å². The Morgan fingerprint density at radius 1 is 1.14 bits per heavy atom. The molecule has 1 heterocycles. The van der Waals surface area contributed by atoms with Gasteiger partial charge in [-0.1, -0.05) is 26.2 Å². The molecule has 4 nitrogen and oxygen atoms in total. The molecule has 0 unspecified atom stereocenters. The summed E-state index contributed by atoms with van der Waals surface area (Å²) < 4.78 is 11.0. The van der Waals surface area contributed by atoms with Crippen LogP contribution < -0.4 is 4.74 Å². The van der Waals surface area contributed by atoms with Gasteiger partial charge in [0.2, 0.25) is 0 Å². The summed E-state index contributed by atoms with van der Waals surface area (Å²) >= 11 is 0. The molecule has 0 aromatic heterocycles. The van der Waals surface area contributed by atoms with Crippen molar-refractivity contribution in [3.8, 4) is 5.75 Å². The number of benzene rings is 1. The topological polar surface area (TPSA) is 38.8 Å². The fourth-order valence-electron chi connectivity index (χ4n) is 2.36. The standard InChI is InChI=1S/C17H25NO3/c1-2-3-4-5-12-21-16-8-6-15(7-9-16)17(19)18-10-13-20-14-11-18/h6-9H,2-5,10-14H2,1H3. The minimum absolute atomic E-state index is 0.0767. The van der Waals surface area contributed by atoms with Crippen molar-refractivity contribution in [1.82, 2.24) is 4.90 Å². The number of rotatable bonds is 7. The molecule has 1 aromatic carbocycles. The molecule has 0 atom stereocenters. The van der Waals surface area contributed by atoms with Gasteiger partial charge in [-0.25, -0.2) is 0 Å². The van der Waals surface area contributed by atoms with Gasteiger partial charge in [0.1, 0.15) is 5.75 Å². The Morgan fingerprint density at radius 3 is 2.52 bits per heavy atom. The van der Waals surface area contributed by atoms with Crippen LogP contribution in [0.1, 0.15) is 43.0 Å². The van der Waals surface area contributed by atoms with Crippen LogP contribution in [0.15, 0.2) is 24.3 Å². The van der Waals surface area contributed by atoms with Gasteiger partial charge in [-0.3, -0.25) is 4.79 Å². The van der Waals surface area contributed by atoms with Crippen LogP contribution in [0.5, 0.6) is 5.75 Å². The van der Waals surface area contributed by atoms with E-state index < -0.39 is 0 Å². The molecule has 0 saturated carbocycles. The van der Waals surface area contributed by atoms with Crippen molar-refractivity contribution in [2.45, 2.75) is 32.6 Å². The molecule has 0 spiro atoms. The highest BCUT2D eigenvalue weighted by Gasteiger charge is 2.18. The van der Waals surface area contributed by atoms with Gasteiger partial charge < -0.3 is 14.4 Å². The molecular weight excluding hydrogens is 266 g/mol. The van der Waals surface area contributed by atoms with Crippen LogP contribution in [0.3, 0.4) is 0 Å². The van der Waals surface area contributed by atoms with Crippen molar-refractivity contribution in [2.24, 2.45) is 0 Å². The average molecular weight is 291 g/mol. The average Bonchev–Trinajstić information content (AvgIpc) is 2.55. The lowest BCUT2D eigenvalue weighted by atomic mass is 10.2. The number of hydrogen-bond donors (Lipinski definition) is 0. The maximum Gasteiger partial charge on any atom is 0.254 e. The molecule has 1 amide bonds. The fraction of sp³-hybridized carbons (Fsp3) is 0.588. The monoisotopic (exact) mass is 291 g/mol. The quantitative estimate of drug-likeness (QED) is 0.725. The van der Waals surface area contributed by atoms with Gasteiger partial charge in [0.05, 0.1) is 19.8 Å². The molecule has 2 rings (SSSR count). The third-order valence-corrected chi connectivity index (χ3v) is 3.67. The van der Waals surface area contributed by atoms with Crippen LogP contribution in [0, 0.1) is 0 Å². The smallest absolute Gasteiger partial charge is 0.254 e. The second-order valence-electron chi connectivity index (χ2n) is 5.34. The summed E-state index contributed by atoms with van der Waals surface area (Å²) in [5.41, 5.74) is 0.718. The van der Waals surface area contributed by atoms with Crippen LogP contribution in [-0.4, -0.2) is 43.7 Å². The van der Waals surface area contributed by atoms with Gasteiger partial charge in [0, 0.05) is 18.7 Å². The lowest BCUT2D eigenvalue weighted by Crippen LogP contribution is -2.40. The predicted molar refractivity (Wildman–Crippen MR) is 82.8 cm³/mol. The predicted octanol–water partition coefficient (Wildman–Crippen LogP) is 3.12. The zero-order chi connectivity index (χ0) is 14.9. The van der Waals surface area contributed by atoms with Crippen molar-refractivity contribution < 1.29 is 14.3 Å². The number of carbonyl (C=O) groups is 1. The highest BCUT2D eigenvalue weighted by Crippen LogP contribution is 2.15. The minimum atomic E-state index is 0.0767. The first-order valence-electron chi connectivity index (χ1n) is 7.91. The summed E-state index contributed by atoms with van der Waals surface area (Å²) in [5, 5.41) is 0. The number of carbonyl (C=O) groups excluding carboxylic acids is 1. The van der Waals surface area contributed by atoms with E-state index in [1.165, 1.54) is 19.3 Å². The minimum Gasteiger partial charge on any atom is -0.494 e. The van der Waals surface area contributed by atoms with Crippen LogP contribution >= 0.6 is 0 Å². The van der Waals surface area contributed by atoms with Crippen LogP contribution in [-0.2, 0) is 4.74 Å². The van der Waals surface area contributed by atoms with Gasteiger partial charge in [-0.2, -0.15) is 0 Å². The number of unbranched alkanes of at least 4 members (excludes halogenated alkanes) is 3. The van der Waals surface area contributed by atoms with Crippen molar-refractivity contribution in [3.63, 3.8) is 0 Å². The molecule has 1 aliphatic heterocycles. The van der Waals surface area contributed by atoms with E-state index in [9.17, 15) is 4.79 Å². The van der Waals surface area contributed by atoms with Gasteiger partial charge in [-0.15, -0.1) is 0 Å². The maximum absolute atomic E-state index is 12.3. The number of morpholine rings is 1.